The molecular formula is C11H18O2S2Se2. The topological polar surface area (TPSA) is 18.5 Å². The fourth-order valence-corrected chi connectivity index (χ4v) is 11.9. The Balaban J connectivity index is 1.30. The van der Waals surface area contributed by atoms with Gasteiger partial charge < -0.3 is 0 Å². The zero-order valence-electron chi connectivity index (χ0n) is 9.71. The first kappa shape index (κ1) is 13.6. The minimum absolute atomic E-state index is 0.830. The number of thioether (sulfide) groups is 2. The van der Waals surface area contributed by atoms with E-state index in [-0.39, 0.29) is 0 Å². The van der Waals surface area contributed by atoms with E-state index in [1.54, 1.807) is 0 Å². The van der Waals surface area contributed by atoms with Gasteiger partial charge in [0.1, 0.15) is 0 Å². The third-order valence-electron chi connectivity index (χ3n) is 2.96. The molecule has 0 spiro atoms. The van der Waals surface area contributed by atoms with Crippen LogP contribution < -0.4 is 0 Å². The summed E-state index contributed by atoms with van der Waals surface area (Å²) in [5.74, 6) is 2.65. The van der Waals surface area contributed by atoms with Gasteiger partial charge in [0.15, 0.2) is 0 Å². The molecule has 0 N–H and O–H groups in total. The molecule has 3 rings (SSSR count). The first-order valence-electron chi connectivity index (χ1n) is 6.04. The summed E-state index contributed by atoms with van der Waals surface area (Å²) in [6.07, 6.45) is 0. The van der Waals surface area contributed by atoms with Gasteiger partial charge in [0, 0.05) is 0 Å². The van der Waals surface area contributed by atoms with Crippen LogP contribution in [0.15, 0.2) is 0 Å². The Hall–Kier alpha value is 1.66. The maximum atomic E-state index is 5.86. The SMILES string of the molecule is C1[Se]C(COCC2CS2)C(COCC2CS2)[Se]1. The van der Waals surface area contributed by atoms with Gasteiger partial charge in [0.25, 0.3) is 0 Å². The van der Waals surface area contributed by atoms with E-state index in [2.05, 4.69) is 0 Å². The molecule has 0 aromatic carbocycles. The van der Waals surface area contributed by atoms with Crippen LogP contribution in [-0.4, -0.2) is 78.3 Å². The van der Waals surface area contributed by atoms with Gasteiger partial charge in [-0.1, -0.05) is 0 Å². The Morgan fingerprint density at radius 2 is 1.29 bits per heavy atom. The van der Waals surface area contributed by atoms with Crippen LogP contribution in [-0.2, 0) is 9.47 Å². The van der Waals surface area contributed by atoms with E-state index in [1.165, 1.54) is 15.7 Å². The monoisotopic (exact) mass is 406 g/mol. The van der Waals surface area contributed by atoms with Crippen LogP contribution in [0.2, 0.25) is 13.9 Å². The molecule has 4 unspecified atom stereocenters. The molecule has 6 heteroatoms. The number of ether oxygens (including phenoxy) is 2. The van der Waals surface area contributed by atoms with Crippen LogP contribution in [0.4, 0.5) is 0 Å². The van der Waals surface area contributed by atoms with Gasteiger partial charge in [0.05, 0.1) is 0 Å². The summed E-state index contributed by atoms with van der Waals surface area (Å²) >= 11 is 5.73. The van der Waals surface area contributed by atoms with Crippen molar-refractivity contribution in [3.63, 3.8) is 0 Å². The van der Waals surface area contributed by atoms with Crippen molar-refractivity contribution in [3.8, 4) is 0 Å². The molecule has 0 radical (unpaired) electrons. The number of hydrogen-bond donors (Lipinski definition) is 0. The van der Waals surface area contributed by atoms with Crippen LogP contribution in [0.25, 0.3) is 0 Å². The fraction of sp³-hybridized carbons (Fsp3) is 1.00. The Morgan fingerprint density at radius 3 is 1.71 bits per heavy atom. The van der Waals surface area contributed by atoms with Crippen molar-refractivity contribution in [1.29, 1.82) is 0 Å². The van der Waals surface area contributed by atoms with Crippen molar-refractivity contribution in [2.75, 3.05) is 37.9 Å². The number of rotatable bonds is 8. The molecule has 3 heterocycles. The van der Waals surface area contributed by atoms with E-state index in [4.69, 9.17) is 9.47 Å². The normalized spacial score (nSPS) is 39.5. The molecule has 0 saturated carbocycles. The zero-order valence-corrected chi connectivity index (χ0v) is 14.8. The Labute approximate surface area is 124 Å². The van der Waals surface area contributed by atoms with Crippen LogP contribution in [0.1, 0.15) is 0 Å². The Morgan fingerprint density at radius 1 is 0.824 bits per heavy atom. The summed E-state index contributed by atoms with van der Waals surface area (Å²) in [4.78, 5) is 1.72. The van der Waals surface area contributed by atoms with E-state index in [9.17, 15) is 0 Å². The van der Waals surface area contributed by atoms with Gasteiger partial charge >= 0.3 is 125 Å². The second kappa shape index (κ2) is 6.90. The summed E-state index contributed by atoms with van der Waals surface area (Å²) in [6.45, 7) is 4.03. The average Bonchev–Trinajstić information content (AvgIpc) is 3.22. The predicted molar refractivity (Wildman–Crippen MR) is 77.9 cm³/mol. The molecule has 17 heavy (non-hydrogen) atoms. The standard InChI is InChI=1S/C11H18O2S2Se2/c1(8-5-14-8)12-3-10-11(17-7-16-10)4-13-2-9-6-15-9/h8-11H,1-7H2. The fourth-order valence-electron chi connectivity index (χ4n) is 1.70. The van der Waals surface area contributed by atoms with E-state index >= 15 is 0 Å². The summed E-state index contributed by atoms with van der Waals surface area (Å²) in [6, 6.07) is 0. The van der Waals surface area contributed by atoms with Crippen LogP contribution in [0, 0.1) is 0 Å². The second-order valence-corrected chi connectivity index (χ2v) is 14.2. The van der Waals surface area contributed by atoms with Crippen molar-refractivity contribution in [1.82, 2.24) is 0 Å². The van der Waals surface area contributed by atoms with Gasteiger partial charge in [-0.3, -0.25) is 0 Å². The molecule has 0 aliphatic carbocycles. The molecule has 2 nitrogen and oxygen atoms in total. The van der Waals surface area contributed by atoms with Gasteiger partial charge in [-0.15, -0.1) is 0 Å². The maximum absolute atomic E-state index is 5.86. The third kappa shape index (κ3) is 4.92. The first-order valence-corrected chi connectivity index (χ1v) is 12.5. The van der Waals surface area contributed by atoms with Crippen molar-refractivity contribution < 1.29 is 9.47 Å². The summed E-state index contributed by atoms with van der Waals surface area (Å²) in [5, 5.41) is 1.66. The molecule has 3 fully saturated rings. The van der Waals surface area contributed by atoms with Crippen LogP contribution >= 0.6 is 23.5 Å². The van der Waals surface area contributed by atoms with Crippen molar-refractivity contribution in [2.24, 2.45) is 0 Å². The second-order valence-electron chi connectivity index (χ2n) is 4.51. The zero-order chi connectivity index (χ0) is 11.5. The molecular weight excluding hydrogens is 386 g/mol. The summed E-state index contributed by atoms with van der Waals surface area (Å²) < 4.78 is 13.2. The quantitative estimate of drug-likeness (QED) is 0.452. The molecule has 4 atom stereocenters. The minimum atomic E-state index is 0.830. The Kier molecular flexibility index (Phi) is 5.53. The summed E-state index contributed by atoms with van der Waals surface area (Å²) in [5.41, 5.74) is 0. The number of hydrogen-bond acceptors (Lipinski definition) is 4. The molecule has 0 amide bonds. The molecule has 98 valence electrons. The molecule has 3 aliphatic rings. The van der Waals surface area contributed by atoms with Crippen LogP contribution in [0.5, 0.6) is 0 Å². The van der Waals surface area contributed by atoms with Gasteiger partial charge in [0.2, 0.25) is 0 Å². The van der Waals surface area contributed by atoms with E-state index in [0.717, 1.165) is 76.5 Å². The molecule has 3 aliphatic heterocycles. The van der Waals surface area contributed by atoms with E-state index in [1.807, 2.05) is 23.5 Å². The molecule has 0 aromatic rings. The van der Waals surface area contributed by atoms with Crippen molar-refractivity contribution in [2.45, 2.75) is 24.4 Å². The first-order chi connectivity index (χ1) is 8.42. The molecule has 0 bridgehead atoms. The van der Waals surface area contributed by atoms with Gasteiger partial charge in [-0.2, -0.15) is 0 Å². The average molecular weight is 404 g/mol. The predicted octanol–water partition coefficient (Wildman–Crippen LogP) is 1.63. The molecule has 0 aromatic heterocycles. The Bertz CT molecular complexity index is 226. The van der Waals surface area contributed by atoms with E-state index in [0.29, 0.717) is 0 Å². The van der Waals surface area contributed by atoms with Crippen molar-refractivity contribution in [3.05, 3.63) is 0 Å². The van der Waals surface area contributed by atoms with Gasteiger partial charge in [-0.25, -0.2) is 0 Å². The summed E-state index contributed by atoms with van der Waals surface area (Å²) in [7, 11) is 0. The van der Waals surface area contributed by atoms with E-state index < -0.39 is 0 Å². The molecule has 3 saturated heterocycles. The van der Waals surface area contributed by atoms with Crippen molar-refractivity contribution >= 4 is 53.4 Å². The third-order valence-corrected chi connectivity index (χ3v) is 13.0. The van der Waals surface area contributed by atoms with Crippen LogP contribution in [0.3, 0.4) is 0 Å². The van der Waals surface area contributed by atoms with Gasteiger partial charge in [-0.05, 0) is 0 Å².